The second-order valence-corrected chi connectivity index (χ2v) is 10.1. The minimum atomic E-state index is -1.14. The lowest BCUT2D eigenvalue weighted by atomic mass is 9.66. The van der Waals surface area contributed by atoms with Crippen molar-refractivity contribution in [2.45, 2.75) is 70.3 Å². The smallest absolute Gasteiger partial charge is 0.247 e. The van der Waals surface area contributed by atoms with Crippen LogP contribution in [0, 0.1) is 11.3 Å². The van der Waals surface area contributed by atoms with Crippen LogP contribution in [-0.2, 0) is 15.2 Å². The Morgan fingerprint density at radius 3 is 2.39 bits per heavy atom. The zero-order valence-corrected chi connectivity index (χ0v) is 19.1. The Morgan fingerprint density at radius 1 is 1.23 bits per heavy atom. The van der Waals surface area contributed by atoms with E-state index in [2.05, 4.69) is 5.32 Å². The van der Waals surface area contributed by atoms with Crippen molar-refractivity contribution in [3.63, 3.8) is 0 Å². The summed E-state index contributed by atoms with van der Waals surface area (Å²) in [6.07, 6.45) is 0.265. The highest BCUT2D eigenvalue weighted by atomic mass is 35.5. The predicted molar refractivity (Wildman–Crippen MR) is 117 cm³/mol. The van der Waals surface area contributed by atoms with E-state index in [0.717, 1.165) is 5.56 Å². The predicted octanol–water partition coefficient (Wildman–Crippen LogP) is 1.81. The van der Waals surface area contributed by atoms with Gasteiger partial charge in [0, 0.05) is 29.4 Å². The van der Waals surface area contributed by atoms with Gasteiger partial charge in [-0.2, -0.15) is 0 Å². The van der Waals surface area contributed by atoms with Crippen LogP contribution in [-0.4, -0.2) is 63.4 Å². The topological polar surface area (TPSA) is 110 Å². The van der Waals surface area contributed by atoms with Crippen molar-refractivity contribution in [2.75, 3.05) is 13.1 Å². The second kappa shape index (κ2) is 9.06. The van der Waals surface area contributed by atoms with Crippen molar-refractivity contribution in [3.05, 3.63) is 34.9 Å². The van der Waals surface area contributed by atoms with Crippen LogP contribution in [0.2, 0.25) is 5.02 Å². The molecular formula is C23H33ClN2O5. The van der Waals surface area contributed by atoms with Gasteiger partial charge in [0.05, 0.1) is 17.8 Å². The zero-order valence-electron chi connectivity index (χ0n) is 18.3. The SMILES string of the molecule is CC(O)[C@@H](NC(=O)[C@@H]1CC[C@@H](O)C1)C(=O)N1CC[C@](O)(c2ccc(Cl)cc2)C(C)(C)C1. The van der Waals surface area contributed by atoms with Gasteiger partial charge in [-0.1, -0.05) is 37.6 Å². The Morgan fingerprint density at radius 2 is 1.87 bits per heavy atom. The molecule has 1 aliphatic carbocycles. The van der Waals surface area contributed by atoms with Crippen LogP contribution in [0.25, 0.3) is 0 Å². The molecule has 31 heavy (non-hydrogen) atoms. The number of rotatable bonds is 5. The van der Waals surface area contributed by atoms with Crippen LogP contribution in [0.5, 0.6) is 0 Å². The number of aliphatic hydroxyl groups is 3. The normalized spacial score (nSPS) is 30.0. The van der Waals surface area contributed by atoms with Crippen molar-refractivity contribution in [3.8, 4) is 0 Å². The average molecular weight is 453 g/mol. The van der Waals surface area contributed by atoms with Crippen LogP contribution in [0.15, 0.2) is 24.3 Å². The third-order valence-electron chi connectivity index (χ3n) is 6.90. The number of benzene rings is 1. The lowest BCUT2D eigenvalue weighted by molar-refractivity contribution is -0.158. The van der Waals surface area contributed by atoms with E-state index in [9.17, 15) is 24.9 Å². The molecule has 2 aliphatic rings. The zero-order chi connectivity index (χ0) is 23.0. The van der Waals surface area contributed by atoms with E-state index in [4.69, 9.17) is 11.6 Å². The fourth-order valence-electron chi connectivity index (χ4n) is 4.82. The van der Waals surface area contributed by atoms with E-state index in [-0.39, 0.29) is 24.3 Å². The first-order valence-electron chi connectivity index (χ1n) is 10.9. The van der Waals surface area contributed by atoms with Crippen LogP contribution in [0.3, 0.4) is 0 Å². The molecule has 0 spiro atoms. The van der Waals surface area contributed by atoms with Crippen LogP contribution < -0.4 is 5.32 Å². The third kappa shape index (κ3) is 4.90. The second-order valence-electron chi connectivity index (χ2n) is 9.65. The minimum absolute atomic E-state index is 0.270. The molecule has 1 aromatic rings. The Kier molecular flexibility index (Phi) is 7.01. The molecule has 2 amide bonds. The molecule has 1 unspecified atom stereocenters. The van der Waals surface area contributed by atoms with Crippen LogP contribution in [0.4, 0.5) is 0 Å². The molecule has 1 aliphatic heterocycles. The molecule has 0 bridgehead atoms. The van der Waals surface area contributed by atoms with Crippen molar-refractivity contribution in [1.29, 1.82) is 0 Å². The average Bonchev–Trinajstić information content (AvgIpc) is 3.14. The van der Waals surface area contributed by atoms with Gasteiger partial charge >= 0.3 is 0 Å². The maximum absolute atomic E-state index is 13.2. The van der Waals surface area contributed by atoms with Gasteiger partial charge in [-0.15, -0.1) is 0 Å². The fraction of sp³-hybridized carbons (Fsp3) is 0.652. The highest BCUT2D eigenvalue weighted by Crippen LogP contribution is 2.46. The molecule has 1 saturated carbocycles. The lowest BCUT2D eigenvalue weighted by Crippen LogP contribution is -2.61. The number of aliphatic hydroxyl groups excluding tert-OH is 2. The number of nitrogens with one attached hydrogen (secondary N) is 1. The maximum atomic E-state index is 13.2. The lowest BCUT2D eigenvalue weighted by Gasteiger charge is -2.51. The molecule has 1 aromatic carbocycles. The Balaban J connectivity index is 1.72. The first-order valence-corrected chi connectivity index (χ1v) is 11.3. The number of piperidine rings is 1. The Hall–Kier alpha value is -1.67. The van der Waals surface area contributed by atoms with Crippen molar-refractivity contribution < 1.29 is 24.9 Å². The summed E-state index contributed by atoms with van der Waals surface area (Å²) >= 11 is 5.99. The monoisotopic (exact) mass is 452 g/mol. The number of likely N-dealkylation sites (tertiary alicyclic amines) is 1. The quantitative estimate of drug-likeness (QED) is 0.544. The van der Waals surface area contributed by atoms with E-state index in [0.29, 0.717) is 37.3 Å². The largest absolute Gasteiger partial charge is 0.393 e. The summed E-state index contributed by atoms with van der Waals surface area (Å²) in [6, 6.07) is 6.01. The van der Waals surface area contributed by atoms with Gasteiger partial charge in [0.15, 0.2) is 0 Å². The summed E-state index contributed by atoms with van der Waals surface area (Å²) in [5.74, 6) is -1.03. The number of hydrogen-bond acceptors (Lipinski definition) is 5. The number of hydrogen-bond donors (Lipinski definition) is 4. The van der Waals surface area contributed by atoms with Gasteiger partial charge in [0.1, 0.15) is 6.04 Å². The van der Waals surface area contributed by atoms with Gasteiger partial charge in [-0.25, -0.2) is 0 Å². The molecule has 2 fully saturated rings. The highest BCUT2D eigenvalue weighted by Gasteiger charge is 2.50. The molecule has 8 heteroatoms. The van der Waals surface area contributed by atoms with E-state index in [1.165, 1.54) is 6.92 Å². The molecule has 7 nitrogen and oxygen atoms in total. The standard InChI is InChI=1S/C23H33ClN2O5/c1-14(27)19(25-20(29)15-4-9-18(28)12-15)21(30)26-11-10-23(31,22(2,3)13-26)16-5-7-17(24)8-6-16/h5-8,14-15,18-19,27-28,31H,4,9-13H2,1-3H3,(H,25,29)/t14?,15-,18-,19-,23+/m1/s1. The molecule has 1 heterocycles. The van der Waals surface area contributed by atoms with Crippen LogP contribution >= 0.6 is 11.6 Å². The molecule has 5 atom stereocenters. The van der Waals surface area contributed by atoms with Gasteiger partial charge in [-0.3, -0.25) is 9.59 Å². The summed E-state index contributed by atoms with van der Waals surface area (Å²) in [5, 5.41) is 34.7. The third-order valence-corrected chi connectivity index (χ3v) is 7.16. The summed E-state index contributed by atoms with van der Waals surface area (Å²) in [5.41, 5.74) is -1.07. The van der Waals surface area contributed by atoms with Gasteiger partial charge in [0.25, 0.3) is 0 Å². The summed E-state index contributed by atoms with van der Waals surface area (Å²) < 4.78 is 0. The number of nitrogens with zero attached hydrogens (tertiary/aromatic N) is 1. The highest BCUT2D eigenvalue weighted by molar-refractivity contribution is 6.30. The van der Waals surface area contributed by atoms with Gasteiger partial charge in [0.2, 0.25) is 11.8 Å². The van der Waals surface area contributed by atoms with Crippen molar-refractivity contribution in [2.24, 2.45) is 11.3 Å². The number of halogens is 1. The van der Waals surface area contributed by atoms with E-state index < -0.39 is 29.3 Å². The summed E-state index contributed by atoms with van der Waals surface area (Å²) in [6.45, 7) is 5.84. The van der Waals surface area contributed by atoms with E-state index in [1.54, 1.807) is 29.2 Å². The molecule has 0 aromatic heterocycles. The number of carbonyl (C=O) groups is 2. The number of carbonyl (C=O) groups excluding carboxylic acids is 2. The first kappa shape index (κ1) is 24.0. The van der Waals surface area contributed by atoms with Gasteiger partial charge in [-0.05, 0) is 50.3 Å². The minimum Gasteiger partial charge on any atom is -0.393 e. The maximum Gasteiger partial charge on any atom is 0.247 e. The van der Waals surface area contributed by atoms with E-state index >= 15 is 0 Å². The molecule has 4 N–H and O–H groups in total. The summed E-state index contributed by atoms with van der Waals surface area (Å²) in [4.78, 5) is 27.4. The Bertz CT molecular complexity index is 813. The summed E-state index contributed by atoms with van der Waals surface area (Å²) in [7, 11) is 0. The molecule has 172 valence electrons. The number of amides is 2. The molecule has 3 rings (SSSR count). The molecule has 1 saturated heterocycles. The molecular weight excluding hydrogens is 420 g/mol. The van der Waals surface area contributed by atoms with E-state index in [1.807, 2.05) is 13.8 Å². The molecule has 0 radical (unpaired) electrons. The fourth-order valence-corrected chi connectivity index (χ4v) is 4.95. The Labute approximate surface area is 188 Å². The van der Waals surface area contributed by atoms with Gasteiger partial charge < -0.3 is 25.5 Å². The van der Waals surface area contributed by atoms with Crippen molar-refractivity contribution >= 4 is 23.4 Å². The van der Waals surface area contributed by atoms with Crippen molar-refractivity contribution in [1.82, 2.24) is 10.2 Å². The van der Waals surface area contributed by atoms with Crippen LogP contribution in [0.1, 0.15) is 52.0 Å². The first-order chi connectivity index (χ1) is 14.4.